The number of benzene rings is 1. The molecule has 2 heterocycles. The SMILES string of the molecule is O=C(NC1CCCCC1)c1ccc2c(c1)NC(=O)C1CCCN21. The summed E-state index contributed by atoms with van der Waals surface area (Å²) in [5.41, 5.74) is 2.44. The van der Waals surface area contributed by atoms with Gasteiger partial charge in [-0.15, -0.1) is 0 Å². The van der Waals surface area contributed by atoms with E-state index in [2.05, 4.69) is 15.5 Å². The number of hydrogen-bond donors (Lipinski definition) is 2. The fourth-order valence-electron chi connectivity index (χ4n) is 4.09. The van der Waals surface area contributed by atoms with Gasteiger partial charge in [0.05, 0.1) is 11.4 Å². The molecule has 1 saturated heterocycles. The van der Waals surface area contributed by atoms with Gasteiger partial charge in [0.25, 0.3) is 5.91 Å². The van der Waals surface area contributed by atoms with Crippen LogP contribution < -0.4 is 15.5 Å². The summed E-state index contributed by atoms with van der Waals surface area (Å²) in [4.78, 5) is 26.8. The topological polar surface area (TPSA) is 61.4 Å². The Hall–Kier alpha value is -2.04. The van der Waals surface area contributed by atoms with Crippen molar-refractivity contribution in [2.24, 2.45) is 0 Å². The van der Waals surface area contributed by atoms with Gasteiger partial charge in [-0.2, -0.15) is 0 Å². The minimum Gasteiger partial charge on any atom is -0.358 e. The van der Waals surface area contributed by atoms with Crippen LogP contribution in [0, 0.1) is 0 Å². The highest BCUT2D eigenvalue weighted by Gasteiger charge is 2.36. The fraction of sp³-hybridized carbons (Fsp3) is 0.556. The molecule has 0 bridgehead atoms. The molecule has 2 N–H and O–H groups in total. The molecule has 1 aromatic carbocycles. The molecule has 1 atom stereocenters. The lowest BCUT2D eigenvalue weighted by Crippen LogP contribution is -2.44. The monoisotopic (exact) mass is 313 g/mol. The van der Waals surface area contributed by atoms with Crippen molar-refractivity contribution in [3.8, 4) is 0 Å². The van der Waals surface area contributed by atoms with E-state index in [1.54, 1.807) is 0 Å². The van der Waals surface area contributed by atoms with Crippen molar-refractivity contribution in [2.45, 2.75) is 57.0 Å². The number of hydrogen-bond acceptors (Lipinski definition) is 3. The fourth-order valence-corrected chi connectivity index (χ4v) is 4.09. The van der Waals surface area contributed by atoms with Crippen LogP contribution in [0.2, 0.25) is 0 Å². The Morgan fingerprint density at radius 3 is 2.78 bits per heavy atom. The molecular weight excluding hydrogens is 290 g/mol. The summed E-state index contributed by atoms with van der Waals surface area (Å²) in [6.45, 7) is 0.915. The maximum atomic E-state index is 12.5. The highest BCUT2D eigenvalue weighted by Crippen LogP contribution is 2.37. The molecule has 3 aliphatic rings. The first-order chi connectivity index (χ1) is 11.2. The smallest absolute Gasteiger partial charge is 0.251 e. The minimum absolute atomic E-state index is 0.0301. The van der Waals surface area contributed by atoms with E-state index in [1.165, 1.54) is 19.3 Å². The van der Waals surface area contributed by atoms with Crippen molar-refractivity contribution >= 4 is 23.2 Å². The average Bonchev–Trinajstić information content (AvgIpc) is 3.06. The maximum Gasteiger partial charge on any atom is 0.251 e. The number of carbonyl (C=O) groups is 2. The van der Waals surface area contributed by atoms with Crippen molar-refractivity contribution in [3.05, 3.63) is 23.8 Å². The first-order valence-electron chi connectivity index (χ1n) is 8.75. The number of rotatable bonds is 2. The molecule has 1 saturated carbocycles. The molecule has 5 nitrogen and oxygen atoms in total. The van der Waals surface area contributed by atoms with Gasteiger partial charge in [-0.3, -0.25) is 9.59 Å². The van der Waals surface area contributed by atoms with Crippen molar-refractivity contribution in [1.29, 1.82) is 0 Å². The molecule has 1 aliphatic carbocycles. The normalized spacial score (nSPS) is 23.9. The van der Waals surface area contributed by atoms with Gasteiger partial charge in [0, 0.05) is 18.2 Å². The van der Waals surface area contributed by atoms with Crippen LogP contribution in [-0.2, 0) is 4.79 Å². The first kappa shape index (κ1) is 14.5. The number of nitrogens with one attached hydrogen (secondary N) is 2. The third-order valence-electron chi connectivity index (χ3n) is 5.32. The van der Waals surface area contributed by atoms with Gasteiger partial charge in [-0.05, 0) is 43.9 Å². The number of amides is 2. The summed E-state index contributed by atoms with van der Waals surface area (Å²) in [5.74, 6) is 0.0253. The molecule has 23 heavy (non-hydrogen) atoms. The largest absolute Gasteiger partial charge is 0.358 e. The molecule has 1 unspecified atom stereocenters. The Kier molecular flexibility index (Phi) is 3.71. The van der Waals surface area contributed by atoms with Gasteiger partial charge in [-0.25, -0.2) is 0 Å². The standard InChI is InChI=1S/C18H23N3O2/c22-17(19-13-5-2-1-3-6-13)12-8-9-15-14(11-12)20-18(23)16-7-4-10-21(15)16/h8-9,11,13,16H,1-7,10H2,(H,19,22)(H,20,23). The van der Waals surface area contributed by atoms with Gasteiger partial charge < -0.3 is 15.5 Å². The molecule has 2 fully saturated rings. The van der Waals surface area contributed by atoms with E-state index in [1.807, 2.05) is 18.2 Å². The molecule has 4 rings (SSSR count). The van der Waals surface area contributed by atoms with E-state index >= 15 is 0 Å². The van der Waals surface area contributed by atoms with Gasteiger partial charge in [0.15, 0.2) is 0 Å². The van der Waals surface area contributed by atoms with Crippen molar-refractivity contribution < 1.29 is 9.59 Å². The summed E-state index contributed by atoms with van der Waals surface area (Å²) in [7, 11) is 0. The second kappa shape index (κ2) is 5.87. The molecule has 2 aliphatic heterocycles. The summed E-state index contributed by atoms with van der Waals surface area (Å²) in [5, 5.41) is 6.10. The molecule has 2 amide bonds. The lowest BCUT2D eigenvalue weighted by atomic mass is 9.95. The zero-order valence-corrected chi connectivity index (χ0v) is 13.3. The maximum absolute atomic E-state index is 12.5. The zero-order chi connectivity index (χ0) is 15.8. The Bertz CT molecular complexity index is 637. The van der Waals surface area contributed by atoms with Crippen molar-refractivity contribution in [2.75, 3.05) is 16.8 Å². The van der Waals surface area contributed by atoms with Gasteiger partial charge >= 0.3 is 0 Å². The van der Waals surface area contributed by atoms with Crippen LogP contribution >= 0.6 is 0 Å². The van der Waals surface area contributed by atoms with Crippen molar-refractivity contribution in [1.82, 2.24) is 5.32 Å². The lowest BCUT2D eigenvalue weighted by molar-refractivity contribution is -0.117. The summed E-state index contributed by atoms with van der Waals surface area (Å²) < 4.78 is 0. The van der Waals surface area contributed by atoms with E-state index < -0.39 is 0 Å². The number of anilines is 2. The van der Waals surface area contributed by atoms with Crippen LogP contribution in [0.5, 0.6) is 0 Å². The molecule has 0 aromatic heterocycles. The number of carbonyl (C=O) groups excluding carboxylic acids is 2. The Labute approximate surface area is 136 Å². The van der Waals surface area contributed by atoms with Crippen molar-refractivity contribution in [3.63, 3.8) is 0 Å². The Balaban J connectivity index is 1.54. The summed E-state index contributed by atoms with van der Waals surface area (Å²) in [6, 6.07) is 5.93. The average molecular weight is 313 g/mol. The number of nitrogens with zero attached hydrogens (tertiary/aromatic N) is 1. The van der Waals surface area contributed by atoms with Crippen LogP contribution in [-0.4, -0.2) is 30.4 Å². The Morgan fingerprint density at radius 1 is 1.13 bits per heavy atom. The molecular formula is C18H23N3O2. The minimum atomic E-state index is -0.0376. The second-order valence-electron chi connectivity index (χ2n) is 6.88. The van der Waals surface area contributed by atoms with E-state index in [9.17, 15) is 9.59 Å². The predicted octanol–water partition coefficient (Wildman–Crippen LogP) is 2.67. The van der Waals surface area contributed by atoms with Crippen LogP contribution in [0.1, 0.15) is 55.3 Å². The highest BCUT2D eigenvalue weighted by molar-refractivity contribution is 6.06. The summed E-state index contributed by atoms with van der Waals surface area (Å²) in [6.07, 6.45) is 7.76. The van der Waals surface area contributed by atoms with E-state index in [-0.39, 0.29) is 17.9 Å². The molecule has 122 valence electrons. The van der Waals surface area contributed by atoms with Gasteiger partial charge in [0.2, 0.25) is 5.91 Å². The quantitative estimate of drug-likeness (QED) is 0.882. The molecule has 0 spiro atoms. The molecule has 0 radical (unpaired) electrons. The van der Waals surface area contributed by atoms with Crippen LogP contribution in [0.4, 0.5) is 11.4 Å². The lowest BCUT2D eigenvalue weighted by Gasteiger charge is -2.33. The highest BCUT2D eigenvalue weighted by atomic mass is 16.2. The molecule has 5 heteroatoms. The number of fused-ring (bicyclic) bond motifs is 3. The Morgan fingerprint density at radius 2 is 1.96 bits per heavy atom. The van der Waals surface area contributed by atoms with E-state index in [0.29, 0.717) is 11.6 Å². The second-order valence-corrected chi connectivity index (χ2v) is 6.88. The van der Waals surface area contributed by atoms with Crippen LogP contribution in [0.25, 0.3) is 0 Å². The summed E-state index contributed by atoms with van der Waals surface area (Å²) >= 11 is 0. The van der Waals surface area contributed by atoms with Gasteiger partial charge in [-0.1, -0.05) is 19.3 Å². The predicted molar refractivity (Wildman–Crippen MR) is 89.8 cm³/mol. The van der Waals surface area contributed by atoms with Crippen LogP contribution in [0.15, 0.2) is 18.2 Å². The van der Waals surface area contributed by atoms with E-state index in [4.69, 9.17) is 0 Å². The first-order valence-corrected chi connectivity index (χ1v) is 8.75. The third kappa shape index (κ3) is 2.69. The van der Waals surface area contributed by atoms with Gasteiger partial charge in [0.1, 0.15) is 6.04 Å². The van der Waals surface area contributed by atoms with Crippen LogP contribution in [0.3, 0.4) is 0 Å². The third-order valence-corrected chi connectivity index (χ3v) is 5.32. The zero-order valence-electron chi connectivity index (χ0n) is 13.3. The van der Waals surface area contributed by atoms with E-state index in [0.717, 1.165) is 43.6 Å². The molecule has 1 aromatic rings.